The third-order valence-electron chi connectivity index (χ3n) is 3.50. The molecule has 0 aromatic heterocycles. The summed E-state index contributed by atoms with van der Waals surface area (Å²) >= 11 is 0. The van der Waals surface area contributed by atoms with Gasteiger partial charge in [0.05, 0.1) is 6.61 Å². The molecule has 1 atom stereocenters. The van der Waals surface area contributed by atoms with Crippen LogP contribution in [-0.4, -0.2) is 18.3 Å². The van der Waals surface area contributed by atoms with Gasteiger partial charge in [0, 0.05) is 12.0 Å². The van der Waals surface area contributed by atoms with Crippen molar-refractivity contribution in [1.29, 1.82) is 0 Å². The van der Waals surface area contributed by atoms with E-state index in [1.165, 1.54) is 0 Å². The molecular formula is C13H19F2NO. The molecule has 1 rings (SSSR count). The van der Waals surface area contributed by atoms with Crippen LogP contribution in [0.1, 0.15) is 19.4 Å². The summed E-state index contributed by atoms with van der Waals surface area (Å²) < 4.78 is 26.6. The normalized spacial score (nSPS) is 15.0. The summed E-state index contributed by atoms with van der Waals surface area (Å²) in [5.74, 6) is -0.854. The van der Waals surface area contributed by atoms with E-state index in [2.05, 4.69) is 0 Å². The number of hydrogen-bond acceptors (Lipinski definition) is 2. The van der Waals surface area contributed by atoms with Crippen LogP contribution in [-0.2, 0) is 6.42 Å². The molecule has 2 nitrogen and oxygen atoms in total. The number of benzene rings is 1. The van der Waals surface area contributed by atoms with Gasteiger partial charge in [-0.2, -0.15) is 0 Å². The average molecular weight is 243 g/mol. The molecule has 0 amide bonds. The summed E-state index contributed by atoms with van der Waals surface area (Å²) in [5.41, 5.74) is 5.34. The minimum absolute atomic E-state index is 0.0835. The number of hydrogen-bond donors (Lipinski definition) is 2. The zero-order chi connectivity index (χ0) is 13.1. The van der Waals surface area contributed by atoms with Gasteiger partial charge in [-0.05, 0) is 36.1 Å². The lowest BCUT2D eigenvalue weighted by molar-refractivity contribution is 0.0833. The van der Waals surface area contributed by atoms with E-state index in [0.29, 0.717) is 0 Å². The van der Waals surface area contributed by atoms with Gasteiger partial charge in [-0.15, -0.1) is 0 Å². The zero-order valence-electron chi connectivity index (χ0n) is 10.2. The van der Waals surface area contributed by atoms with Crippen LogP contribution in [0.15, 0.2) is 18.2 Å². The summed E-state index contributed by atoms with van der Waals surface area (Å²) in [5, 5.41) is 9.47. The second kappa shape index (κ2) is 5.56. The second-order valence-electron chi connectivity index (χ2n) is 4.79. The van der Waals surface area contributed by atoms with Crippen LogP contribution in [0.2, 0.25) is 0 Å². The SMILES string of the molecule is CC(C)C(CN)(CO)Cc1cc(F)ccc1F. The maximum absolute atomic E-state index is 13.5. The number of aliphatic hydroxyl groups excluding tert-OH is 1. The van der Waals surface area contributed by atoms with Gasteiger partial charge < -0.3 is 10.8 Å². The smallest absolute Gasteiger partial charge is 0.126 e. The van der Waals surface area contributed by atoms with Crippen molar-refractivity contribution in [2.24, 2.45) is 17.1 Å². The highest BCUT2D eigenvalue weighted by Crippen LogP contribution is 2.31. The lowest BCUT2D eigenvalue weighted by atomic mass is 9.73. The lowest BCUT2D eigenvalue weighted by Gasteiger charge is -2.35. The minimum atomic E-state index is -0.603. The molecular weight excluding hydrogens is 224 g/mol. The fourth-order valence-corrected chi connectivity index (χ4v) is 1.87. The Kier molecular flexibility index (Phi) is 4.60. The van der Waals surface area contributed by atoms with Crippen molar-refractivity contribution in [3.63, 3.8) is 0 Å². The van der Waals surface area contributed by atoms with Crippen LogP contribution in [0.4, 0.5) is 8.78 Å². The Balaban J connectivity index is 3.05. The van der Waals surface area contributed by atoms with E-state index >= 15 is 0 Å². The molecule has 0 aliphatic carbocycles. The van der Waals surface area contributed by atoms with Crippen LogP contribution in [0, 0.1) is 23.0 Å². The van der Waals surface area contributed by atoms with Gasteiger partial charge >= 0.3 is 0 Å². The number of nitrogens with two attached hydrogens (primary N) is 1. The maximum atomic E-state index is 13.5. The zero-order valence-corrected chi connectivity index (χ0v) is 10.2. The summed E-state index contributed by atoms with van der Waals surface area (Å²) in [6.45, 7) is 3.93. The number of halogens is 2. The average Bonchev–Trinajstić information content (AvgIpc) is 2.30. The van der Waals surface area contributed by atoms with Crippen LogP contribution < -0.4 is 5.73 Å². The first kappa shape index (κ1) is 14.1. The molecule has 96 valence electrons. The van der Waals surface area contributed by atoms with Gasteiger partial charge in [0.1, 0.15) is 11.6 Å². The highest BCUT2D eigenvalue weighted by atomic mass is 19.1. The Bertz CT molecular complexity index is 376. The molecule has 0 aliphatic heterocycles. The van der Waals surface area contributed by atoms with E-state index in [-0.39, 0.29) is 31.1 Å². The van der Waals surface area contributed by atoms with Crippen LogP contribution >= 0.6 is 0 Å². The molecule has 0 saturated heterocycles. The van der Waals surface area contributed by atoms with Crippen molar-refractivity contribution in [3.05, 3.63) is 35.4 Å². The summed E-state index contributed by atoms with van der Waals surface area (Å²) in [7, 11) is 0. The van der Waals surface area contributed by atoms with Gasteiger partial charge in [0.15, 0.2) is 0 Å². The van der Waals surface area contributed by atoms with E-state index < -0.39 is 17.0 Å². The van der Waals surface area contributed by atoms with Crippen molar-refractivity contribution in [2.75, 3.05) is 13.2 Å². The fraction of sp³-hybridized carbons (Fsp3) is 0.538. The first-order chi connectivity index (χ1) is 7.95. The molecule has 0 radical (unpaired) electrons. The minimum Gasteiger partial charge on any atom is -0.396 e. The van der Waals surface area contributed by atoms with E-state index in [0.717, 1.165) is 18.2 Å². The van der Waals surface area contributed by atoms with E-state index in [4.69, 9.17) is 5.73 Å². The first-order valence-corrected chi connectivity index (χ1v) is 5.70. The van der Waals surface area contributed by atoms with Crippen molar-refractivity contribution < 1.29 is 13.9 Å². The van der Waals surface area contributed by atoms with Crippen molar-refractivity contribution in [3.8, 4) is 0 Å². The first-order valence-electron chi connectivity index (χ1n) is 5.70. The Hall–Kier alpha value is -1.00. The van der Waals surface area contributed by atoms with Crippen molar-refractivity contribution in [2.45, 2.75) is 20.3 Å². The van der Waals surface area contributed by atoms with Gasteiger partial charge in [0.25, 0.3) is 0 Å². The highest BCUT2D eigenvalue weighted by Gasteiger charge is 2.32. The van der Waals surface area contributed by atoms with E-state index in [1.807, 2.05) is 13.8 Å². The monoisotopic (exact) mass is 243 g/mol. The van der Waals surface area contributed by atoms with Crippen LogP contribution in [0.5, 0.6) is 0 Å². The summed E-state index contributed by atoms with van der Waals surface area (Å²) in [6.07, 6.45) is 0.237. The predicted molar refractivity (Wildman–Crippen MR) is 63.5 cm³/mol. The predicted octanol–water partition coefficient (Wildman–Crippen LogP) is 2.10. The Labute approximate surface area is 100 Å². The Morgan fingerprint density at radius 2 is 2.00 bits per heavy atom. The molecule has 0 saturated carbocycles. The number of rotatable bonds is 5. The largest absolute Gasteiger partial charge is 0.396 e. The molecule has 1 aromatic rings. The number of aliphatic hydroxyl groups is 1. The van der Waals surface area contributed by atoms with E-state index in [1.54, 1.807) is 0 Å². The molecule has 0 fully saturated rings. The second-order valence-corrected chi connectivity index (χ2v) is 4.79. The quantitative estimate of drug-likeness (QED) is 0.832. The van der Waals surface area contributed by atoms with Gasteiger partial charge in [-0.25, -0.2) is 8.78 Å². The van der Waals surface area contributed by atoms with Crippen molar-refractivity contribution >= 4 is 0 Å². The molecule has 1 unspecified atom stereocenters. The standard InChI is InChI=1S/C13H19F2NO/c1-9(2)13(7-16,8-17)6-10-5-11(14)3-4-12(10)15/h3-5,9,17H,6-8,16H2,1-2H3. The third-order valence-corrected chi connectivity index (χ3v) is 3.50. The molecule has 3 N–H and O–H groups in total. The van der Waals surface area contributed by atoms with Gasteiger partial charge in [-0.3, -0.25) is 0 Å². The fourth-order valence-electron chi connectivity index (χ4n) is 1.87. The Morgan fingerprint density at radius 1 is 1.35 bits per heavy atom. The van der Waals surface area contributed by atoms with Gasteiger partial charge in [0.2, 0.25) is 0 Å². The molecule has 17 heavy (non-hydrogen) atoms. The maximum Gasteiger partial charge on any atom is 0.126 e. The van der Waals surface area contributed by atoms with Crippen LogP contribution in [0.3, 0.4) is 0 Å². The topological polar surface area (TPSA) is 46.2 Å². The van der Waals surface area contributed by atoms with Gasteiger partial charge in [-0.1, -0.05) is 13.8 Å². The van der Waals surface area contributed by atoms with Crippen molar-refractivity contribution in [1.82, 2.24) is 0 Å². The lowest BCUT2D eigenvalue weighted by Crippen LogP contribution is -2.41. The molecule has 0 heterocycles. The molecule has 1 aromatic carbocycles. The molecule has 0 aliphatic rings. The van der Waals surface area contributed by atoms with Crippen LogP contribution in [0.25, 0.3) is 0 Å². The Morgan fingerprint density at radius 3 is 2.47 bits per heavy atom. The third kappa shape index (κ3) is 3.01. The van der Waals surface area contributed by atoms with E-state index in [9.17, 15) is 13.9 Å². The molecule has 0 spiro atoms. The molecule has 0 bridgehead atoms. The molecule has 4 heteroatoms. The highest BCUT2D eigenvalue weighted by molar-refractivity contribution is 5.20. The summed E-state index contributed by atoms with van der Waals surface area (Å²) in [4.78, 5) is 0. The summed E-state index contributed by atoms with van der Waals surface area (Å²) in [6, 6.07) is 3.35.